The SMILES string of the molecule is CCN(c1nc(C(C)NC)cs1)C1CCCCC1. The summed E-state index contributed by atoms with van der Waals surface area (Å²) < 4.78 is 0. The summed E-state index contributed by atoms with van der Waals surface area (Å²) in [5, 5.41) is 6.66. The predicted molar refractivity (Wildman–Crippen MR) is 79.5 cm³/mol. The zero-order valence-electron chi connectivity index (χ0n) is 11.8. The van der Waals surface area contributed by atoms with Gasteiger partial charge in [0.05, 0.1) is 5.69 Å². The third-order valence-electron chi connectivity index (χ3n) is 3.99. The molecule has 102 valence electrons. The molecule has 0 aromatic carbocycles. The quantitative estimate of drug-likeness (QED) is 0.884. The highest BCUT2D eigenvalue weighted by Crippen LogP contribution is 2.30. The van der Waals surface area contributed by atoms with E-state index in [0.29, 0.717) is 12.1 Å². The average molecular weight is 267 g/mol. The van der Waals surface area contributed by atoms with E-state index in [9.17, 15) is 0 Å². The molecule has 0 aliphatic heterocycles. The number of aromatic nitrogens is 1. The summed E-state index contributed by atoms with van der Waals surface area (Å²) in [5.74, 6) is 0. The van der Waals surface area contributed by atoms with Crippen LogP contribution >= 0.6 is 11.3 Å². The molecule has 0 radical (unpaired) electrons. The Labute approximate surface area is 115 Å². The van der Waals surface area contributed by atoms with Crippen LogP contribution in [0.1, 0.15) is 57.7 Å². The molecule has 1 aliphatic rings. The largest absolute Gasteiger partial charge is 0.345 e. The lowest BCUT2D eigenvalue weighted by Gasteiger charge is -2.33. The first-order chi connectivity index (χ1) is 8.76. The second-order valence-corrected chi connectivity index (χ2v) is 5.98. The van der Waals surface area contributed by atoms with Crippen LogP contribution in [0.2, 0.25) is 0 Å². The van der Waals surface area contributed by atoms with Crippen LogP contribution in [0.4, 0.5) is 5.13 Å². The normalized spacial score (nSPS) is 18.8. The summed E-state index contributed by atoms with van der Waals surface area (Å²) in [6.07, 6.45) is 6.85. The van der Waals surface area contributed by atoms with Crippen molar-refractivity contribution in [1.82, 2.24) is 10.3 Å². The van der Waals surface area contributed by atoms with Gasteiger partial charge in [0.15, 0.2) is 5.13 Å². The van der Waals surface area contributed by atoms with E-state index in [-0.39, 0.29) is 0 Å². The monoisotopic (exact) mass is 267 g/mol. The lowest BCUT2D eigenvalue weighted by Crippen LogP contribution is -2.36. The summed E-state index contributed by atoms with van der Waals surface area (Å²) in [6.45, 7) is 5.48. The zero-order chi connectivity index (χ0) is 13.0. The number of thiazole rings is 1. The molecule has 1 aliphatic carbocycles. The Kier molecular flexibility index (Phi) is 5.01. The Hall–Kier alpha value is -0.610. The van der Waals surface area contributed by atoms with Gasteiger partial charge in [0, 0.05) is 24.0 Å². The van der Waals surface area contributed by atoms with Crippen LogP contribution in [0, 0.1) is 0 Å². The molecule has 1 N–H and O–H groups in total. The van der Waals surface area contributed by atoms with Gasteiger partial charge in [-0.1, -0.05) is 19.3 Å². The van der Waals surface area contributed by atoms with Crippen LogP contribution < -0.4 is 10.2 Å². The third-order valence-corrected chi connectivity index (χ3v) is 4.88. The van der Waals surface area contributed by atoms with E-state index in [1.807, 2.05) is 7.05 Å². The minimum absolute atomic E-state index is 0.347. The fraction of sp³-hybridized carbons (Fsp3) is 0.786. The van der Waals surface area contributed by atoms with Crippen molar-refractivity contribution in [3.05, 3.63) is 11.1 Å². The van der Waals surface area contributed by atoms with E-state index in [0.717, 1.165) is 6.54 Å². The van der Waals surface area contributed by atoms with Crippen LogP contribution in [0.5, 0.6) is 0 Å². The molecule has 1 saturated carbocycles. The van der Waals surface area contributed by atoms with Gasteiger partial charge in [-0.2, -0.15) is 0 Å². The van der Waals surface area contributed by atoms with Crippen molar-refractivity contribution < 1.29 is 0 Å². The Balaban J connectivity index is 2.09. The second kappa shape index (κ2) is 6.53. The third kappa shape index (κ3) is 3.04. The number of nitrogens with zero attached hydrogens (tertiary/aromatic N) is 2. The average Bonchev–Trinajstić information content (AvgIpc) is 2.89. The van der Waals surface area contributed by atoms with E-state index >= 15 is 0 Å². The molecule has 1 unspecified atom stereocenters. The van der Waals surface area contributed by atoms with Crippen molar-refractivity contribution in [2.24, 2.45) is 0 Å². The topological polar surface area (TPSA) is 28.2 Å². The van der Waals surface area contributed by atoms with Crippen LogP contribution in [-0.4, -0.2) is 24.6 Å². The van der Waals surface area contributed by atoms with Gasteiger partial charge >= 0.3 is 0 Å². The molecule has 1 fully saturated rings. The van der Waals surface area contributed by atoms with E-state index in [1.165, 1.54) is 42.9 Å². The van der Waals surface area contributed by atoms with Crippen molar-refractivity contribution in [3.8, 4) is 0 Å². The molecule has 1 aromatic rings. The van der Waals surface area contributed by atoms with Crippen LogP contribution in [0.15, 0.2) is 5.38 Å². The van der Waals surface area contributed by atoms with E-state index in [4.69, 9.17) is 4.98 Å². The van der Waals surface area contributed by atoms with E-state index in [2.05, 4.69) is 29.4 Å². The molecule has 1 heterocycles. The zero-order valence-corrected chi connectivity index (χ0v) is 12.6. The van der Waals surface area contributed by atoms with Gasteiger partial charge in [-0.25, -0.2) is 4.98 Å². The number of anilines is 1. The molecule has 4 heteroatoms. The summed E-state index contributed by atoms with van der Waals surface area (Å²) in [4.78, 5) is 7.32. The van der Waals surface area contributed by atoms with Crippen molar-refractivity contribution in [2.75, 3.05) is 18.5 Å². The van der Waals surface area contributed by atoms with Crippen molar-refractivity contribution in [1.29, 1.82) is 0 Å². The number of rotatable bonds is 5. The lowest BCUT2D eigenvalue weighted by molar-refractivity contribution is 0.417. The Morgan fingerprint density at radius 2 is 2.17 bits per heavy atom. The highest BCUT2D eigenvalue weighted by molar-refractivity contribution is 7.13. The maximum absolute atomic E-state index is 4.81. The number of nitrogens with one attached hydrogen (secondary N) is 1. The first kappa shape index (κ1) is 13.8. The maximum atomic E-state index is 4.81. The second-order valence-electron chi connectivity index (χ2n) is 5.14. The highest BCUT2D eigenvalue weighted by atomic mass is 32.1. The van der Waals surface area contributed by atoms with Gasteiger partial charge in [0.1, 0.15) is 0 Å². The Bertz CT molecular complexity index is 358. The molecular formula is C14H25N3S. The Morgan fingerprint density at radius 3 is 2.78 bits per heavy atom. The van der Waals surface area contributed by atoms with Crippen molar-refractivity contribution >= 4 is 16.5 Å². The van der Waals surface area contributed by atoms with Crippen LogP contribution in [-0.2, 0) is 0 Å². The van der Waals surface area contributed by atoms with Crippen molar-refractivity contribution in [2.45, 2.75) is 58.0 Å². The van der Waals surface area contributed by atoms with E-state index < -0.39 is 0 Å². The highest BCUT2D eigenvalue weighted by Gasteiger charge is 2.22. The fourth-order valence-electron chi connectivity index (χ4n) is 2.70. The van der Waals surface area contributed by atoms with Gasteiger partial charge in [0.25, 0.3) is 0 Å². The van der Waals surface area contributed by atoms with Gasteiger partial charge < -0.3 is 10.2 Å². The Morgan fingerprint density at radius 1 is 1.44 bits per heavy atom. The maximum Gasteiger partial charge on any atom is 0.185 e. The molecule has 0 amide bonds. The fourth-order valence-corrected chi connectivity index (χ4v) is 3.75. The van der Waals surface area contributed by atoms with Crippen LogP contribution in [0.3, 0.4) is 0 Å². The molecule has 1 atom stereocenters. The van der Waals surface area contributed by atoms with Gasteiger partial charge in [-0.05, 0) is 33.7 Å². The summed E-state index contributed by atoms with van der Waals surface area (Å²) in [7, 11) is 1.99. The predicted octanol–water partition coefficient (Wildman–Crippen LogP) is 3.58. The molecule has 1 aromatic heterocycles. The number of hydrogen-bond donors (Lipinski definition) is 1. The standard InChI is InChI=1S/C14H25N3S/c1-4-17(12-8-6-5-7-9-12)14-16-13(10-18-14)11(2)15-3/h10-12,15H,4-9H2,1-3H3. The summed E-state index contributed by atoms with van der Waals surface area (Å²) in [6, 6.07) is 1.06. The molecule has 0 saturated heterocycles. The lowest BCUT2D eigenvalue weighted by atomic mass is 9.94. The minimum atomic E-state index is 0.347. The van der Waals surface area contributed by atoms with Crippen molar-refractivity contribution in [3.63, 3.8) is 0 Å². The van der Waals surface area contributed by atoms with Gasteiger partial charge in [0.2, 0.25) is 0 Å². The minimum Gasteiger partial charge on any atom is -0.345 e. The molecular weight excluding hydrogens is 242 g/mol. The molecule has 2 rings (SSSR count). The first-order valence-corrected chi connectivity index (χ1v) is 8.03. The smallest absolute Gasteiger partial charge is 0.185 e. The molecule has 0 bridgehead atoms. The van der Waals surface area contributed by atoms with Crippen LogP contribution in [0.25, 0.3) is 0 Å². The first-order valence-electron chi connectivity index (χ1n) is 7.15. The van der Waals surface area contributed by atoms with E-state index in [1.54, 1.807) is 11.3 Å². The van der Waals surface area contributed by atoms with Gasteiger partial charge in [-0.15, -0.1) is 11.3 Å². The van der Waals surface area contributed by atoms with Gasteiger partial charge in [-0.3, -0.25) is 0 Å². The summed E-state index contributed by atoms with van der Waals surface area (Å²) in [5.41, 5.74) is 1.17. The number of hydrogen-bond acceptors (Lipinski definition) is 4. The molecule has 0 spiro atoms. The summed E-state index contributed by atoms with van der Waals surface area (Å²) >= 11 is 1.79. The molecule has 3 nitrogen and oxygen atoms in total. The molecule has 18 heavy (non-hydrogen) atoms.